The molecule has 0 amide bonds. The summed E-state index contributed by atoms with van der Waals surface area (Å²) in [6, 6.07) is 0. The number of rotatable bonds is 2. The first kappa shape index (κ1) is 12.7. The summed E-state index contributed by atoms with van der Waals surface area (Å²) in [6.07, 6.45) is 6.03. The highest BCUT2D eigenvalue weighted by molar-refractivity contribution is 5.94. The van der Waals surface area contributed by atoms with E-state index in [1.807, 2.05) is 0 Å². The summed E-state index contributed by atoms with van der Waals surface area (Å²) in [4.78, 5) is 25.7. The van der Waals surface area contributed by atoms with E-state index in [9.17, 15) is 14.7 Å². The summed E-state index contributed by atoms with van der Waals surface area (Å²) in [5, 5.41) is 23.1. The molecule has 106 valence electrons. The van der Waals surface area contributed by atoms with Crippen LogP contribution in [0.5, 0.6) is 5.88 Å². The molecule has 7 nitrogen and oxygen atoms in total. The zero-order valence-corrected chi connectivity index (χ0v) is 10.8. The molecule has 20 heavy (non-hydrogen) atoms. The normalized spacial score (nSPS) is 16.6. The number of carboxylic acid groups (broad SMARTS) is 1. The molecule has 7 heteroatoms. The number of H-pyrrole nitrogens is 1. The summed E-state index contributed by atoms with van der Waals surface area (Å²) in [7, 11) is 0. The van der Waals surface area contributed by atoms with Crippen molar-refractivity contribution in [2.75, 3.05) is 0 Å². The van der Waals surface area contributed by atoms with Crippen LogP contribution < -0.4 is 5.56 Å². The van der Waals surface area contributed by atoms with E-state index >= 15 is 0 Å². The quantitative estimate of drug-likeness (QED) is 0.770. The molecule has 0 spiro atoms. The third-order valence-electron chi connectivity index (χ3n) is 3.93. The highest BCUT2D eigenvalue weighted by Gasteiger charge is 2.25. The molecular formula is C13H15N3O4. The Morgan fingerprint density at radius 2 is 2.05 bits per heavy atom. The fourth-order valence-electron chi connectivity index (χ4n) is 2.94. The molecule has 1 saturated carbocycles. The number of hydrogen-bond acceptors (Lipinski definition) is 4. The number of carboxylic acids is 1. The van der Waals surface area contributed by atoms with Crippen molar-refractivity contribution in [3.05, 3.63) is 27.7 Å². The predicted octanol–water partition coefficient (Wildman–Crippen LogP) is 1.47. The van der Waals surface area contributed by atoms with Gasteiger partial charge in [-0.1, -0.05) is 19.3 Å². The van der Waals surface area contributed by atoms with Crippen molar-refractivity contribution in [1.82, 2.24) is 14.6 Å². The lowest BCUT2D eigenvalue weighted by atomic mass is 9.85. The Balaban J connectivity index is 2.19. The predicted molar refractivity (Wildman–Crippen MR) is 70.3 cm³/mol. The van der Waals surface area contributed by atoms with E-state index in [4.69, 9.17) is 5.11 Å². The number of aromatic amines is 1. The van der Waals surface area contributed by atoms with Gasteiger partial charge in [0.25, 0.3) is 5.56 Å². The van der Waals surface area contributed by atoms with Crippen molar-refractivity contribution in [3.63, 3.8) is 0 Å². The fourth-order valence-corrected chi connectivity index (χ4v) is 2.94. The molecule has 0 bridgehead atoms. The molecule has 2 heterocycles. The molecular weight excluding hydrogens is 262 g/mol. The van der Waals surface area contributed by atoms with E-state index in [-0.39, 0.29) is 23.0 Å². The maximum absolute atomic E-state index is 12.2. The Morgan fingerprint density at radius 1 is 1.35 bits per heavy atom. The standard InChI is InChI=1S/C13H15N3O4/c17-11-9(7-4-2-1-3-5-7)12(18)16-10(15-11)8(6-14-16)13(19)20/h6-7,18H,1-5H2,(H,15,17)(H,19,20). The minimum Gasteiger partial charge on any atom is -0.493 e. The van der Waals surface area contributed by atoms with Gasteiger partial charge in [0.05, 0.1) is 11.8 Å². The first-order valence-corrected chi connectivity index (χ1v) is 6.65. The van der Waals surface area contributed by atoms with Crippen LogP contribution in [0.4, 0.5) is 0 Å². The van der Waals surface area contributed by atoms with Crippen LogP contribution >= 0.6 is 0 Å². The molecule has 1 aliphatic carbocycles. The summed E-state index contributed by atoms with van der Waals surface area (Å²) >= 11 is 0. The van der Waals surface area contributed by atoms with Gasteiger partial charge < -0.3 is 15.2 Å². The maximum Gasteiger partial charge on any atom is 0.341 e. The van der Waals surface area contributed by atoms with Gasteiger partial charge in [-0.25, -0.2) is 4.79 Å². The Labute approximate surface area is 113 Å². The van der Waals surface area contributed by atoms with Crippen LogP contribution in [-0.2, 0) is 0 Å². The number of nitrogens with one attached hydrogen (secondary N) is 1. The van der Waals surface area contributed by atoms with Crippen LogP contribution in [0.3, 0.4) is 0 Å². The molecule has 0 unspecified atom stereocenters. The number of nitrogens with zero attached hydrogens (tertiary/aromatic N) is 2. The van der Waals surface area contributed by atoms with Gasteiger partial charge in [-0.3, -0.25) is 4.79 Å². The zero-order valence-electron chi connectivity index (χ0n) is 10.8. The number of fused-ring (bicyclic) bond motifs is 1. The Hall–Kier alpha value is -2.31. The first-order chi connectivity index (χ1) is 9.59. The molecule has 2 aromatic heterocycles. The van der Waals surface area contributed by atoms with Crippen LogP contribution in [0.25, 0.3) is 5.65 Å². The molecule has 0 atom stereocenters. The van der Waals surface area contributed by atoms with Crippen molar-refractivity contribution < 1.29 is 15.0 Å². The molecule has 3 N–H and O–H groups in total. The van der Waals surface area contributed by atoms with Gasteiger partial charge in [-0.15, -0.1) is 0 Å². The van der Waals surface area contributed by atoms with Crippen LogP contribution in [0.15, 0.2) is 11.0 Å². The van der Waals surface area contributed by atoms with Gasteiger partial charge >= 0.3 is 5.97 Å². The molecule has 0 radical (unpaired) electrons. The lowest BCUT2D eigenvalue weighted by molar-refractivity contribution is 0.0699. The second kappa shape index (κ2) is 4.66. The highest BCUT2D eigenvalue weighted by Crippen LogP contribution is 2.34. The van der Waals surface area contributed by atoms with Crippen LogP contribution in [0.2, 0.25) is 0 Å². The van der Waals surface area contributed by atoms with Gasteiger partial charge in [0.2, 0.25) is 5.88 Å². The van der Waals surface area contributed by atoms with Crippen molar-refractivity contribution in [2.24, 2.45) is 0 Å². The van der Waals surface area contributed by atoms with E-state index in [2.05, 4.69) is 10.1 Å². The van der Waals surface area contributed by atoms with E-state index in [1.54, 1.807) is 0 Å². The highest BCUT2D eigenvalue weighted by atomic mass is 16.4. The Morgan fingerprint density at radius 3 is 2.70 bits per heavy atom. The van der Waals surface area contributed by atoms with Crippen molar-refractivity contribution in [3.8, 4) is 5.88 Å². The van der Waals surface area contributed by atoms with Gasteiger partial charge in [0.15, 0.2) is 5.65 Å². The lowest BCUT2D eigenvalue weighted by Gasteiger charge is -2.21. The largest absolute Gasteiger partial charge is 0.493 e. The Bertz CT molecular complexity index is 725. The third kappa shape index (κ3) is 1.86. The first-order valence-electron chi connectivity index (χ1n) is 6.65. The van der Waals surface area contributed by atoms with Gasteiger partial charge in [-0.2, -0.15) is 9.61 Å². The van der Waals surface area contributed by atoms with Crippen LogP contribution in [0, 0.1) is 0 Å². The number of carbonyl (C=O) groups is 1. The topological polar surface area (TPSA) is 108 Å². The minimum absolute atomic E-state index is 0.00868. The monoisotopic (exact) mass is 277 g/mol. The summed E-state index contributed by atoms with van der Waals surface area (Å²) in [5.74, 6) is -1.43. The summed E-state index contributed by atoms with van der Waals surface area (Å²) in [6.45, 7) is 0. The number of aromatic nitrogens is 3. The maximum atomic E-state index is 12.2. The van der Waals surface area contributed by atoms with Gasteiger partial charge in [0, 0.05) is 0 Å². The van der Waals surface area contributed by atoms with Gasteiger partial charge in [-0.05, 0) is 18.8 Å². The second-order valence-corrected chi connectivity index (χ2v) is 5.15. The summed E-state index contributed by atoms with van der Waals surface area (Å²) < 4.78 is 1.09. The average Bonchev–Trinajstić information content (AvgIpc) is 2.84. The average molecular weight is 277 g/mol. The van der Waals surface area contributed by atoms with Crippen molar-refractivity contribution in [2.45, 2.75) is 38.0 Å². The molecule has 0 aliphatic heterocycles. The van der Waals surface area contributed by atoms with Crippen molar-refractivity contribution in [1.29, 1.82) is 0 Å². The van der Waals surface area contributed by atoms with E-state index in [0.29, 0.717) is 5.56 Å². The molecule has 2 aromatic rings. The third-order valence-corrected chi connectivity index (χ3v) is 3.93. The molecule has 1 aliphatic rings. The SMILES string of the molecule is O=C(O)c1cnn2c(O)c(C3CCCCC3)c(=O)[nH]c12. The van der Waals surface area contributed by atoms with E-state index in [0.717, 1.165) is 42.8 Å². The number of hydrogen-bond donors (Lipinski definition) is 3. The fraction of sp³-hybridized carbons (Fsp3) is 0.462. The second-order valence-electron chi connectivity index (χ2n) is 5.15. The van der Waals surface area contributed by atoms with Crippen molar-refractivity contribution >= 4 is 11.6 Å². The van der Waals surface area contributed by atoms with E-state index in [1.165, 1.54) is 0 Å². The van der Waals surface area contributed by atoms with Crippen LogP contribution in [0.1, 0.15) is 53.9 Å². The molecule has 0 saturated heterocycles. The smallest absolute Gasteiger partial charge is 0.341 e. The van der Waals surface area contributed by atoms with E-state index < -0.39 is 11.5 Å². The molecule has 3 rings (SSSR count). The summed E-state index contributed by atoms with van der Waals surface area (Å²) in [5.41, 5.74) is -0.228. The minimum atomic E-state index is -1.19. The zero-order chi connectivity index (χ0) is 14.3. The number of aromatic carboxylic acids is 1. The lowest BCUT2D eigenvalue weighted by Crippen LogP contribution is -2.21. The van der Waals surface area contributed by atoms with Crippen LogP contribution in [-0.4, -0.2) is 30.8 Å². The van der Waals surface area contributed by atoms with Gasteiger partial charge in [0.1, 0.15) is 5.56 Å². The molecule has 1 fully saturated rings. The molecule has 0 aromatic carbocycles. The Kier molecular flexibility index (Phi) is 2.96. The number of aromatic hydroxyl groups is 1.